The highest BCUT2D eigenvalue weighted by atomic mass is 35.5. The number of hydrogen-bond donors (Lipinski definition) is 0. The largest absolute Gasteiger partial charge is 0.251 e. The van der Waals surface area contributed by atoms with E-state index >= 15 is 0 Å². The summed E-state index contributed by atoms with van der Waals surface area (Å²) in [5.41, 5.74) is 6.28. The van der Waals surface area contributed by atoms with Gasteiger partial charge in [0, 0.05) is 21.1 Å². The van der Waals surface area contributed by atoms with E-state index in [1.54, 1.807) is 0 Å². The summed E-state index contributed by atoms with van der Waals surface area (Å²) in [6, 6.07) is 25.4. The van der Waals surface area contributed by atoms with Gasteiger partial charge in [-0.3, -0.25) is 4.99 Å². The average molecular weight is 362 g/mol. The van der Waals surface area contributed by atoms with Crippen LogP contribution < -0.4 is 0 Å². The highest BCUT2D eigenvalue weighted by Crippen LogP contribution is 2.51. The van der Waals surface area contributed by atoms with Gasteiger partial charge in [0.05, 0.1) is 11.4 Å². The minimum absolute atomic E-state index is 0.313. The lowest BCUT2D eigenvalue weighted by atomic mass is 9.94. The number of halogens is 1. The summed E-state index contributed by atoms with van der Waals surface area (Å²) in [6.07, 6.45) is 1.03. The maximum absolute atomic E-state index is 6.30. The fourth-order valence-electron chi connectivity index (χ4n) is 3.86. The van der Waals surface area contributed by atoms with E-state index < -0.39 is 0 Å². The van der Waals surface area contributed by atoms with Gasteiger partial charge in [0.25, 0.3) is 0 Å². The Labute approximate surface area is 156 Å². The molecular formula is C22H16ClNS. The topological polar surface area (TPSA) is 12.4 Å². The van der Waals surface area contributed by atoms with Gasteiger partial charge in [0.2, 0.25) is 0 Å². The molecule has 2 atom stereocenters. The summed E-state index contributed by atoms with van der Waals surface area (Å²) in [5.74, 6) is 0.369. The molecule has 1 aliphatic heterocycles. The quantitative estimate of drug-likeness (QED) is 0.483. The van der Waals surface area contributed by atoms with Crippen LogP contribution in [0.2, 0.25) is 5.02 Å². The third-order valence-electron chi connectivity index (χ3n) is 4.99. The van der Waals surface area contributed by atoms with Crippen molar-refractivity contribution in [1.82, 2.24) is 0 Å². The molecule has 1 aliphatic carbocycles. The second kappa shape index (κ2) is 6.05. The normalized spacial score (nSPS) is 20.9. The molecule has 3 aromatic rings. The summed E-state index contributed by atoms with van der Waals surface area (Å²) >= 11 is 8.21. The Morgan fingerprint density at radius 1 is 0.920 bits per heavy atom. The molecule has 0 fully saturated rings. The second-order valence-corrected chi connectivity index (χ2v) is 8.15. The number of benzene rings is 3. The SMILES string of the molecule is Clc1cccc([C@H]2Sc3ccccc3N=C3c4ccccc4C[C@H]32)c1. The number of para-hydroxylation sites is 1. The van der Waals surface area contributed by atoms with Crippen LogP contribution in [0.3, 0.4) is 0 Å². The molecule has 0 aromatic heterocycles. The fraction of sp³-hybridized carbons (Fsp3) is 0.136. The minimum atomic E-state index is 0.313. The number of hydrogen-bond acceptors (Lipinski definition) is 2. The van der Waals surface area contributed by atoms with Gasteiger partial charge in [-0.15, -0.1) is 11.8 Å². The van der Waals surface area contributed by atoms with E-state index in [2.05, 4.69) is 60.7 Å². The van der Waals surface area contributed by atoms with Crippen LogP contribution in [-0.4, -0.2) is 5.71 Å². The third-order valence-corrected chi connectivity index (χ3v) is 6.68. The van der Waals surface area contributed by atoms with E-state index in [1.807, 2.05) is 23.9 Å². The first kappa shape index (κ1) is 15.2. The predicted molar refractivity (Wildman–Crippen MR) is 106 cm³/mol. The molecule has 0 saturated carbocycles. The van der Waals surface area contributed by atoms with E-state index in [0.717, 1.165) is 17.1 Å². The third kappa shape index (κ3) is 2.61. The zero-order chi connectivity index (χ0) is 16.8. The number of aliphatic imine (C=N–C) groups is 1. The summed E-state index contributed by atoms with van der Waals surface area (Å²) < 4.78 is 0. The maximum atomic E-state index is 6.30. The van der Waals surface area contributed by atoms with Crippen LogP contribution in [0, 0.1) is 5.92 Å². The fourth-order valence-corrected chi connectivity index (χ4v) is 5.39. The maximum Gasteiger partial charge on any atom is 0.0769 e. The molecule has 2 aliphatic rings. The van der Waals surface area contributed by atoms with Gasteiger partial charge in [0.1, 0.15) is 0 Å². The molecule has 3 heteroatoms. The van der Waals surface area contributed by atoms with Gasteiger partial charge >= 0.3 is 0 Å². The highest BCUT2D eigenvalue weighted by Gasteiger charge is 2.37. The molecule has 0 spiro atoms. The molecule has 0 radical (unpaired) electrons. The van der Waals surface area contributed by atoms with Gasteiger partial charge < -0.3 is 0 Å². The molecular weight excluding hydrogens is 346 g/mol. The van der Waals surface area contributed by atoms with E-state index in [4.69, 9.17) is 16.6 Å². The Kier molecular flexibility index (Phi) is 3.69. The van der Waals surface area contributed by atoms with Gasteiger partial charge in [-0.25, -0.2) is 0 Å². The van der Waals surface area contributed by atoms with Crippen LogP contribution in [0.4, 0.5) is 5.69 Å². The number of rotatable bonds is 1. The van der Waals surface area contributed by atoms with Crippen molar-refractivity contribution in [2.75, 3.05) is 0 Å². The van der Waals surface area contributed by atoms with Crippen LogP contribution >= 0.6 is 23.4 Å². The Morgan fingerprint density at radius 2 is 1.76 bits per heavy atom. The van der Waals surface area contributed by atoms with Crippen LogP contribution in [0.5, 0.6) is 0 Å². The molecule has 0 N–H and O–H groups in total. The summed E-state index contributed by atoms with van der Waals surface area (Å²) in [7, 11) is 0. The van der Waals surface area contributed by atoms with Crippen molar-refractivity contribution in [3.63, 3.8) is 0 Å². The summed E-state index contributed by atoms with van der Waals surface area (Å²) in [5, 5.41) is 1.11. The van der Waals surface area contributed by atoms with E-state index in [1.165, 1.54) is 27.3 Å². The Balaban J connectivity index is 1.71. The van der Waals surface area contributed by atoms with Gasteiger partial charge in [0.15, 0.2) is 0 Å². The Morgan fingerprint density at radius 3 is 2.68 bits per heavy atom. The zero-order valence-electron chi connectivity index (χ0n) is 13.5. The predicted octanol–water partition coefficient (Wildman–Crippen LogP) is 6.48. The van der Waals surface area contributed by atoms with Crippen molar-refractivity contribution >= 4 is 34.8 Å². The van der Waals surface area contributed by atoms with Crippen molar-refractivity contribution in [1.29, 1.82) is 0 Å². The first-order valence-electron chi connectivity index (χ1n) is 8.47. The van der Waals surface area contributed by atoms with Gasteiger partial charge in [-0.1, -0.05) is 60.1 Å². The molecule has 1 nitrogen and oxygen atoms in total. The van der Waals surface area contributed by atoms with Gasteiger partial charge in [-0.2, -0.15) is 0 Å². The van der Waals surface area contributed by atoms with Crippen molar-refractivity contribution in [3.05, 3.63) is 94.5 Å². The molecule has 1 heterocycles. The summed E-state index contributed by atoms with van der Waals surface area (Å²) in [6.45, 7) is 0. The van der Waals surface area contributed by atoms with Crippen LogP contribution in [-0.2, 0) is 6.42 Å². The molecule has 5 rings (SSSR count). The molecule has 25 heavy (non-hydrogen) atoms. The smallest absolute Gasteiger partial charge is 0.0769 e. The molecule has 0 saturated heterocycles. The summed E-state index contributed by atoms with van der Waals surface area (Å²) in [4.78, 5) is 6.35. The number of thioether (sulfide) groups is 1. The highest BCUT2D eigenvalue weighted by molar-refractivity contribution is 7.99. The first-order valence-corrected chi connectivity index (χ1v) is 9.73. The number of nitrogens with zero attached hydrogens (tertiary/aromatic N) is 1. The monoisotopic (exact) mass is 361 g/mol. The lowest BCUT2D eigenvalue weighted by molar-refractivity contribution is 0.694. The van der Waals surface area contributed by atoms with Gasteiger partial charge in [-0.05, 0) is 47.4 Å². The second-order valence-electron chi connectivity index (χ2n) is 6.53. The number of fused-ring (bicyclic) bond motifs is 4. The molecule has 0 unspecified atom stereocenters. The zero-order valence-corrected chi connectivity index (χ0v) is 15.1. The van der Waals surface area contributed by atoms with Crippen LogP contribution in [0.25, 0.3) is 0 Å². The van der Waals surface area contributed by atoms with Crippen molar-refractivity contribution in [2.45, 2.75) is 16.6 Å². The molecule has 3 aromatic carbocycles. The van der Waals surface area contributed by atoms with Crippen molar-refractivity contribution < 1.29 is 0 Å². The molecule has 122 valence electrons. The molecule has 0 bridgehead atoms. The van der Waals surface area contributed by atoms with E-state index in [0.29, 0.717) is 11.2 Å². The Bertz CT molecular complexity index is 995. The Hall–Kier alpha value is -2.03. The lowest BCUT2D eigenvalue weighted by Gasteiger charge is -2.22. The van der Waals surface area contributed by atoms with Crippen LogP contribution in [0.15, 0.2) is 82.7 Å². The van der Waals surface area contributed by atoms with Crippen molar-refractivity contribution in [2.24, 2.45) is 10.9 Å². The van der Waals surface area contributed by atoms with E-state index in [-0.39, 0.29) is 0 Å². The average Bonchev–Trinajstić information content (AvgIpc) is 2.90. The standard InChI is InChI=1S/C22H16ClNS/c23-16-8-5-7-15(12-16)22-18-13-14-6-1-2-9-17(14)21(18)24-19-10-3-4-11-20(19)25-22/h1-12,18,22H,13H2/t18-,22-/m1/s1. The lowest BCUT2D eigenvalue weighted by Crippen LogP contribution is -2.16. The molecule has 0 amide bonds. The minimum Gasteiger partial charge on any atom is -0.251 e. The van der Waals surface area contributed by atoms with Crippen LogP contribution in [0.1, 0.15) is 21.9 Å². The van der Waals surface area contributed by atoms with E-state index in [9.17, 15) is 0 Å². The first-order chi connectivity index (χ1) is 12.3. The van der Waals surface area contributed by atoms with Crippen molar-refractivity contribution in [3.8, 4) is 0 Å².